The molecule has 5 nitrogen and oxygen atoms in total. The molecule has 100 valence electrons. The molecule has 2 rings (SSSR count). The smallest absolute Gasteiger partial charge is 0.246 e. The zero-order valence-corrected chi connectivity index (χ0v) is 11.2. The first kappa shape index (κ1) is 13.5. The van der Waals surface area contributed by atoms with Crippen LogP contribution in [0.25, 0.3) is 0 Å². The first-order valence-corrected chi connectivity index (χ1v) is 7.43. The molecule has 0 unspecified atom stereocenters. The molecule has 0 saturated heterocycles. The van der Waals surface area contributed by atoms with Crippen LogP contribution in [0.1, 0.15) is 5.56 Å². The predicted octanol–water partition coefficient (Wildman–Crippen LogP) is 0.803. The van der Waals surface area contributed by atoms with Crippen LogP contribution in [-0.4, -0.2) is 15.0 Å². The Morgan fingerprint density at radius 1 is 1.16 bits per heavy atom. The topological polar surface area (TPSA) is 86.3 Å². The molecule has 0 aliphatic carbocycles. The fourth-order valence-electron chi connectivity index (χ4n) is 1.78. The molecule has 1 heterocycles. The highest BCUT2D eigenvalue weighted by atomic mass is 32.2. The quantitative estimate of drug-likeness (QED) is 0.848. The lowest BCUT2D eigenvalue weighted by Crippen LogP contribution is -2.19. The number of nitrogens with one attached hydrogen (secondary N) is 2. The number of aromatic amines is 1. The summed E-state index contributed by atoms with van der Waals surface area (Å²) in [5.74, 6) is 0. The molecule has 1 aromatic carbocycles. The second-order valence-corrected chi connectivity index (χ2v) is 5.66. The molecule has 2 aromatic rings. The van der Waals surface area contributed by atoms with Crippen molar-refractivity contribution < 1.29 is 13.4 Å². The van der Waals surface area contributed by atoms with Crippen LogP contribution in [0.4, 0.5) is 5.69 Å². The van der Waals surface area contributed by atoms with Crippen molar-refractivity contribution in [2.45, 2.75) is 11.3 Å². The monoisotopic (exact) mass is 278 g/mol. The molecule has 4 N–H and O–H groups in total. The summed E-state index contributed by atoms with van der Waals surface area (Å²) in [5.41, 5.74) is 1.70. The van der Waals surface area contributed by atoms with Crippen LogP contribution >= 0.6 is 0 Å². The van der Waals surface area contributed by atoms with Crippen molar-refractivity contribution in [1.29, 1.82) is 0 Å². The van der Waals surface area contributed by atoms with Crippen molar-refractivity contribution in [1.82, 2.24) is 0 Å². The number of benzene rings is 1. The van der Waals surface area contributed by atoms with E-state index in [9.17, 15) is 8.42 Å². The molecular weight excluding hydrogens is 262 g/mol. The van der Waals surface area contributed by atoms with Gasteiger partial charge in [0.25, 0.3) is 0 Å². The van der Waals surface area contributed by atoms with Crippen LogP contribution in [0.15, 0.2) is 53.7 Å². The Hall–Kier alpha value is -1.92. The lowest BCUT2D eigenvalue weighted by Gasteiger charge is -2.08. The molecule has 0 atom stereocenters. The second-order valence-electron chi connectivity index (χ2n) is 4.13. The van der Waals surface area contributed by atoms with E-state index in [0.29, 0.717) is 12.2 Å². The van der Waals surface area contributed by atoms with Gasteiger partial charge in [-0.25, -0.2) is 18.5 Å². The minimum Gasteiger partial charge on any atom is -0.383 e. The molecule has 0 saturated carbocycles. The van der Waals surface area contributed by atoms with E-state index in [0.717, 1.165) is 6.42 Å². The number of sulfonamides is 1. The third-order valence-corrected chi connectivity index (χ3v) is 3.66. The highest BCUT2D eigenvalue weighted by Gasteiger charge is 2.16. The van der Waals surface area contributed by atoms with E-state index < -0.39 is 10.0 Å². The number of primary sulfonamides is 1. The molecule has 1 aromatic heterocycles. The first-order chi connectivity index (χ1) is 9.07. The van der Waals surface area contributed by atoms with Crippen molar-refractivity contribution in [2.24, 2.45) is 5.14 Å². The number of hydrogen-bond donors (Lipinski definition) is 2. The summed E-state index contributed by atoms with van der Waals surface area (Å²) in [6.07, 6.45) is 3.84. The van der Waals surface area contributed by atoms with Gasteiger partial charge in [0.2, 0.25) is 10.0 Å². The molecule has 0 aliphatic rings. The van der Waals surface area contributed by atoms with E-state index in [1.54, 1.807) is 12.3 Å². The molecule has 0 aliphatic heterocycles. The van der Waals surface area contributed by atoms with E-state index in [1.165, 1.54) is 11.8 Å². The van der Waals surface area contributed by atoms with Crippen LogP contribution in [0.5, 0.6) is 0 Å². The zero-order valence-electron chi connectivity index (χ0n) is 10.3. The van der Waals surface area contributed by atoms with Gasteiger partial charge in [0, 0.05) is 12.6 Å². The summed E-state index contributed by atoms with van der Waals surface area (Å²) in [7, 11) is -3.72. The number of anilines is 1. The average Bonchev–Trinajstić information content (AvgIpc) is 2.39. The van der Waals surface area contributed by atoms with Gasteiger partial charge in [-0.15, -0.1) is 0 Å². The molecule has 0 radical (unpaired) electrons. The maximum absolute atomic E-state index is 11.4. The van der Waals surface area contributed by atoms with Crippen molar-refractivity contribution in [3.8, 4) is 0 Å². The van der Waals surface area contributed by atoms with Crippen LogP contribution in [0.3, 0.4) is 0 Å². The maximum atomic E-state index is 11.4. The number of H-pyrrole nitrogens is 1. The highest BCUT2D eigenvalue weighted by Crippen LogP contribution is 2.16. The fourth-order valence-corrected chi connectivity index (χ4v) is 2.46. The Morgan fingerprint density at radius 3 is 2.58 bits per heavy atom. The Kier molecular flexibility index (Phi) is 4.13. The minimum atomic E-state index is -3.72. The van der Waals surface area contributed by atoms with Crippen molar-refractivity contribution in [3.05, 3.63) is 54.4 Å². The number of pyridine rings is 1. The lowest BCUT2D eigenvalue weighted by molar-refractivity contribution is -0.380. The van der Waals surface area contributed by atoms with Crippen molar-refractivity contribution >= 4 is 15.7 Å². The summed E-state index contributed by atoms with van der Waals surface area (Å²) >= 11 is 0. The Morgan fingerprint density at radius 2 is 1.89 bits per heavy atom. The van der Waals surface area contributed by atoms with Crippen molar-refractivity contribution in [2.75, 3.05) is 11.9 Å². The van der Waals surface area contributed by atoms with Gasteiger partial charge in [-0.05, 0) is 12.0 Å². The van der Waals surface area contributed by atoms with Gasteiger partial charge in [0.15, 0.2) is 17.3 Å². The number of rotatable bonds is 5. The van der Waals surface area contributed by atoms with Crippen LogP contribution < -0.4 is 15.4 Å². The number of nitrogens with two attached hydrogens (primary N) is 1. The van der Waals surface area contributed by atoms with Gasteiger partial charge >= 0.3 is 0 Å². The third kappa shape index (κ3) is 3.77. The van der Waals surface area contributed by atoms with Crippen molar-refractivity contribution in [3.63, 3.8) is 0 Å². The van der Waals surface area contributed by atoms with Gasteiger partial charge in [0.05, 0.1) is 5.69 Å². The summed E-state index contributed by atoms with van der Waals surface area (Å²) in [6.45, 7) is 0.635. The molecular formula is C13H16N3O2S+. The van der Waals surface area contributed by atoms with Gasteiger partial charge < -0.3 is 5.32 Å². The SMILES string of the molecule is NS(=O)(=O)c1c[nH+]ccc1NCCc1ccccc1. The lowest BCUT2D eigenvalue weighted by atomic mass is 10.1. The van der Waals surface area contributed by atoms with E-state index in [4.69, 9.17) is 5.14 Å². The molecule has 0 spiro atoms. The maximum Gasteiger partial charge on any atom is 0.246 e. The van der Waals surface area contributed by atoms with Crippen LogP contribution in [-0.2, 0) is 16.4 Å². The van der Waals surface area contributed by atoms with Gasteiger partial charge in [-0.3, -0.25) is 0 Å². The standard InChI is InChI=1S/C13H15N3O2S/c14-19(17,18)13-10-15-8-7-12(13)16-9-6-11-4-2-1-3-5-11/h1-5,7-8,10H,6,9H2,(H,15,16)(H2,14,17,18)/p+1. The second kappa shape index (κ2) is 5.81. The van der Waals surface area contributed by atoms with Crippen LogP contribution in [0, 0.1) is 0 Å². The number of aromatic nitrogens is 1. The minimum absolute atomic E-state index is 0.0723. The molecule has 0 amide bonds. The number of hydrogen-bond acceptors (Lipinski definition) is 3. The predicted molar refractivity (Wildman–Crippen MR) is 73.0 cm³/mol. The normalized spacial score (nSPS) is 11.2. The van der Waals surface area contributed by atoms with E-state index in [1.807, 2.05) is 30.3 Å². The summed E-state index contributed by atoms with van der Waals surface area (Å²) in [4.78, 5) is 2.79. The van der Waals surface area contributed by atoms with Gasteiger partial charge in [0.1, 0.15) is 0 Å². The Labute approximate surface area is 112 Å². The largest absolute Gasteiger partial charge is 0.383 e. The summed E-state index contributed by atoms with van der Waals surface area (Å²) in [5, 5.41) is 8.24. The van der Waals surface area contributed by atoms with Gasteiger partial charge in [-0.2, -0.15) is 0 Å². The average molecular weight is 278 g/mol. The Balaban J connectivity index is 2.05. The Bertz CT molecular complexity index is 642. The third-order valence-electron chi connectivity index (χ3n) is 2.70. The van der Waals surface area contributed by atoms with Gasteiger partial charge in [-0.1, -0.05) is 30.3 Å². The zero-order chi connectivity index (χ0) is 13.7. The van der Waals surface area contributed by atoms with E-state index in [2.05, 4.69) is 10.3 Å². The molecule has 19 heavy (non-hydrogen) atoms. The first-order valence-electron chi connectivity index (χ1n) is 5.88. The molecule has 0 fully saturated rings. The van der Waals surface area contributed by atoms with E-state index in [-0.39, 0.29) is 4.90 Å². The summed E-state index contributed by atoms with van der Waals surface area (Å²) in [6, 6.07) is 11.6. The summed E-state index contributed by atoms with van der Waals surface area (Å²) < 4.78 is 22.8. The van der Waals surface area contributed by atoms with E-state index >= 15 is 0 Å². The highest BCUT2D eigenvalue weighted by molar-refractivity contribution is 7.89. The van der Waals surface area contributed by atoms with Crippen LogP contribution in [0.2, 0.25) is 0 Å². The molecule has 0 bridgehead atoms. The molecule has 6 heteroatoms. The fraction of sp³-hybridized carbons (Fsp3) is 0.154.